The van der Waals surface area contributed by atoms with Crippen molar-refractivity contribution in [2.24, 2.45) is 5.73 Å². The number of benzene rings is 1. The fraction of sp³-hybridized carbons (Fsp3) is 0.533. The maximum atomic E-state index is 12.1. The van der Waals surface area contributed by atoms with Crippen LogP contribution in [0, 0.1) is 0 Å². The molecule has 1 aromatic rings. The number of likely N-dealkylation sites (tertiary alicyclic amines) is 1. The number of hydrogen-bond acceptors (Lipinski definition) is 4. The van der Waals surface area contributed by atoms with Gasteiger partial charge in [0.2, 0.25) is 5.91 Å². The summed E-state index contributed by atoms with van der Waals surface area (Å²) in [5.74, 6) is 1.39. The van der Waals surface area contributed by atoms with Gasteiger partial charge in [0.15, 0.2) is 11.5 Å². The highest BCUT2D eigenvalue weighted by Gasteiger charge is 2.41. The Kier molecular flexibility index (Phi) is 4.18. The number of methoxy groups -OCH3 is 2. The third-order valence-electron chi connectivity index (χ3n) is 3.71. The monoisotopic (exact) mass is 278 g/mol. The summed E-state index contributed by atoms with van der Waals surface area (Å²) in [7, 11) is 3.20. The van der Waals surface area contributed by atoms with Crippen LogP contribution in [0.1, 0.15) is 31.9 Å². The molecule has 1 aromatic carbocycles. The Morgan fingerprint density at radius 1 is 1.30 bits per heavy atom. The highest BCUT2D eigenvalue weighted by molar-refractivity contribution is 5.81. The predicted molar refractivity (Wildman–Crippen MR) is 76.9 cm³/mol. The molecule has 5 nitrogen and oxygen atoms in total. The minimum atomic E-state index is -0.231. The van der Waals surface area contributed by atoms with Crippen molar-refractivity contribution in [2.75, 3.05) is 14.2 Å². The van der Waals surface area contributed by atoms with Crippen molar-refractivity contribution in [3.05, 3.63) is 23.8 Å². The second kappa shape index (κ2) is 5.71. The van der Waals surface area contributed by atoms with Crippen LogP contribution >= 0.6 is 0 Å². The molecule has 1 aliphatic rings. The van der Waals surface area contributed by atoms with Gasteiger partial charge in [-0.1, -0.05) is 12.1 Å². The third-order valence-corrected chi connectivity index (χ3v) is 3.71. The summed E-state index contributed by atoms with van der Waals surface area (Å²) in [5, 5.41) is 0. The van der Waals surface area contributed by atoms with E-state index in [-0.39, 0.29) is 24.0 Å². The summed E-state index contributed by atoms with van der Waals surface area (Å²) in [6.07, 6.45) is 0.364. The van der Waals surface area contributed by atoms with Crippen LogP contribution in [-0.4, -0.2) is 37.1 Å². The largest absolute Gasteiger partial charge is 0.493 e. The number of hydrogen-bond donors (Lipinski definition) is 1. The number of nitrogens with zero attached hydrogens (tertiary/aromatic N) is 1. The van der Waals surface area contributed by atoms with Crippen molar-refractivity contribution in [1.82, 2.24) is 4.90 Å². The zero-order chi connectivity index (χ0) is 14.9. The molecular formula is C15H22N2O3. The second-order valence-corrected chi connectivity index (χ2v) is 5.29. The van der Waals surface area contributed by atoms with E-state index >= 15 is 0 Å². The lowest BCUT2D eigenvalue weighted by molar-refractivity contribution is -0.130. The molecule has 5 heteroatoms. The van der Waals surface area contributed by atoms with Crippen molar-refractivity contribution in [1.29, 1.82) is 0 Å². The highest BCUT2D eigenvalue weighted by Crippen LogP contribution is 2.42. The van der Waals surface area contributed by atoms with Crippen molar-refractivity contribution in [2.45, 2.75) is 38.4 Å². The molecule has 20 heavy (non-hydrogen) atoms. The predicted octanol–water partition coefficient (Wildman–Crippen LogP) is 1.71. The summed E-state index contributed by atoms with van der Waals surface area (Å²) < 4.78 is 10.8. The van der Waals surface area contributed by atoms with Crippen molar-refractivity contribution >= 4 is 5.91 Å². The van der Waals surface area contributed by atoms with E-state index in [9.17, 15) is 4.79 Å². The minimum absolute atomic E-state index is 0.0855. The second-order valence-electron chi connectivity index (χ2n) is 5.29. The summed E-state index contributed by atoms with van der Waals surface area (Å²) in [4.78, 5) is 14.0. The van der Waals surface area contributed by atoms with Gasteiger partial charge in [0.1, 0.15) is 0 Å². The summed E-state index contributed by atoms with van der Waals surface area (Å²) in [6.45, 7) is 3.99. The van der Waals surface area contributed by atoms with Crippen molar-refractivity contribution in [3.8, 4) is 11.5 Å². The lowest BCUT2D eigenvalue weighted by Gasteiger charge is -2.31. The molecule has 2 rings (SSSR count). The van der Waals surface area contributed by atoms with E-state index in [4.69, 9.17) is 15.2 Å². The Labute approximate surface area is 119 Å². The van der Waals surface area contributed by atoms with Crippen molar-refractivity contribution < 1.29 is 14.3 Å². The van der Waals surface area contributed by atoms with Gasteiger partial charge in [0.05, 0.1) is 20.3 Å². The fourth-order valence-electron chi connectivity index (χ4n) is 2.91. The molecule has 1 amide bonds. The lowest BCUT2D eigenvalue weighted by Crippen LogP contribution is -2.37. The summed E-state index contributed by atoms with van der Waals surface area (Å²) >= 11 is 0. The summed E-state index contributed by atoms with van der Waals surface area (Å²) in [5.41, 5.74) is 7.09. The number of nitrogens with two attached hydrogens (primary N) is 1. The van der Waals surface area contributed by atoms with Gasteiger partial charge in [0.25, 0.3) is 0 Å². The van der Waals surface area contributed by atoms with Crippen LogP contribution in [-0.2, 0) is 4.79 Å². The van der Waals surface area contributed by atoms with Crippen LogP contribution in [0.15, 0.2) is 18.2 Å². The molecule has 0 aromatic heterocycles. The molecule has 0 spiro atoms. The van der Waals surface area contributed by atoms with E-state index in [1.54, 1.807) is 14.2 Å². The average molecular weight is 278 g/mol. The van der Waals surface area contributed by atoms with Crippen molar-refractivity contribution in [3.63, 3.8) is 0 Å². The molecule has 2 N–H and O–H groups in total. The van der Waals surface area contributed by atoms with Crippen LogP contribution in [0.3, 0.4) is 0 Å². The molecule has 0 bridgehead atoms. The molecule has 0 saturated carbocycles. The zero-order valence-electron chi connectivity index (χ0n) is 12.4. The Bertz CT molecular complexity index is 502. The quantitative estimate of drug-likeness (QED) is 0.910. The van der Waals surface area contributed by atoms with Gasteiger partial charge in [-0.25, -0.2) is 0 Å². The first-order valence-electron chi connectivity index (χ1n) is 6.78. The van der Waals surface area contributed by atoms with E-state index in [0.717, 1.165) is 5.56 Å². The van der Waals surface area contributed by atoms with Crippen LogP contribution in [0.25, 0.3) is 0 Å². The number of para-hydroxylation sites is 1. The van der Waals surface area contributed by atoms with Gasteiger partial charge < -0.3 is 20.1 Å². The standard InChI is InChI=1S/C15H22N2O3/c1-9(2)17-13(18)8-11(16)14(17)10-6-5-7-12(19-3)15(10)20-4/h5-7,9,11,14H,8,16H2,1-4H3. The molecule has 0 aliphatic carbocycles. The number of ether oxygens (including phenoxy) is 2. The van der Waals surface area contributed by atoms with E-state index < -0.39 is 0 Å². The fourth-order valence-corrected chi connectivity index (χ4v) is 2.91. The Morgan fingerprint density at radius 2 is 2.00 bits per heavy atom. The van der Waals surface area contributed by atoms with Gasteiger partial charge >= 0.3 is 0 Å². The Morgan fingerprint density at radius 3 is 2.55 bits per heavy atom. The minimum Gasteiger partial charge on any atom is -0.493 e. The van der Waals surface area contributed by atoms with Crippen LogP contribution in [0.2, 0.25) is 0 Å². The number of carbonyl (C=O) groups is 1. The van der Waals surface area contributed by atoms with E-state index in [1.807, 2.05) is 36.9 Å². The molecule has 2 unspecified atom stereocenters. The number of carbonyl (C=O) groups excluding carboxylic acids is 1. The molecule has 1 aliphatic heterocycles. The van der Waals surface area contributed by atoms with Gasteiger partial charge in [-0.2, -0.15) is 0 Å². The molecule has 2 atom stereocenters. The molecular weight excluding hydrogens is 256 g/mol. The van der Waals surface area contributed by atoms with Gasteiger partial charge in [0, 0.05) is 24.1 Å². The highest BCUT2D eigenvalue weighted by atomic mass is 16.5. The normalized spacial score (nSPS) is 22.5. The van der Waals surface area contributed by atoms with Gasteiger partial charge in [-0.15, -0.1) is 0 Å². The molecule has 1 saturated heterocycles. The molecule has 1 fully saturated rings. The van der Waals surface area contributed by atoms with Crippen LogP contribution in [0.5, 0.6) is 11.5 Å². The lowest BCUT2D eigenvalue weighted by atomic mass is 9.98. The molecule has 0 radical (unpaired) electrons. The van der Waals surface area contributed by atoms with Gasteiger partial charge in [-0.05, 0) is 19.9 Å². The maximum absolute atomic E-state index is 12.1. The van der Waals surface area contributed by atoms with E-state index in [1.165, 1.54) is 0 Å². The third kappa shape index (κ3) is 2.33. The zero-order valence-corrected chi connectivity index (χ0v) is 12.4. The maximum Gasteiger partial charge on any atom is 0.225 e. The number of amides is 1. The van der Waals surface area contributed by atoms with E-state index in [2.05, 4.69) is 0 Å². The Balaban J connectivity index is 2.51. The van der Waals surface area contributed by atoms with Crippen LogP contribution < -0.4 is 15.2 Å². The van der Waals surface area contributed by atoms with Crippen LogP contribution in [0.4, 0.5) is 0 Å². The number of rotatable bonds is 4. The first-order valence-corrected chi connectivity index (χ1v) is 6.78. The first-order chi connectivity index (χ1) is 9.51. The topological polar surface area (TPSA) is 64.8 Å². The SMILES string of the molecule is COc1cccc(C2C(N)CC(=O)N2C(C)C)c1OC. The first kappa shape index (κ1) is 14.7. The molecule has 1 heterocycles. The van der Waals surface area contributed by atoms with E-state index in [0.29, 0.717) is 17.9 Å². The molecule has 110 valence electrons. The Hall–Kier alpha value is -1.75. The summed E-state index contributed by atoms with van der Waals surface area (Å²) in [6, 6.07) is 5.37. The van der Waals surface area contributed by atoms with Gasteiger partial charge in [-0.3, -0.25) is 4.79 Å². The smallest absolute Gasteiger partial charge is 0.225 e. The average Bonchev–Trinajstić information content (AvgIpc) is 2.72.